The van der Waals surface area contributed by atoms with Gasteiger partial charge in [0.05, 0.1) is 10.6 Å². The van der Waals surface area contributed by atoms with Gasteiger partial charge < -0.3 is 10.0 Å². The van der Waals surface area contributed by atoms with Crippen molar-refractivity contribution in [2.45, 2.75) is 23.8 Å². The number of aromatic carboxylic acids is 1. The van der Waals surface area contributed by atoms with Gasteiger partial charge in [-0.25, -0.2) is 17.9 Å². The summed E-state index contributed by atoms with van der Waals surface area (Å²) in [7, 11) is -1.91. The predicted octanol–water partition coefficient (Wildman–Crippen LogP) is 1.41. The third-order valence-electron chi connectivity index (χ3n) is 3.41. The molecule has 2 N–H and O–H groups in total. The molecule has 1 aromatic carbocycles. The molecule has 1 aliphatic rings. The zero-order valence-corrected chi connectivity index (χ0v) is 13.1. The van der Waals surface area contributed by atoms with Gasteiger partial charge in [-0.3, -0.25) is 0 Å². The van der Waals surface area contributed by atoms with Crippen molar-refractivity contribution in [2.24, 2.45) is 0 Å². The van der Waals surface area contributed by atoms with Gasteiger partial charge in [0.15, 0.2) is 0 Å². The van der Waals surface area contributed by atoms with Crippen LogP contribution >= 0.6 is 11.6 Å². The molecule has 2 rings (SSSR count). The number of likely N-dealkylation sites (N-methyl/N-ethyl adjacent to an activating group) is 1. The summed E-state index contributed by atoms with van der Waals surface area (Å²) in [4.78, 5) is 12.8. The molecule has 1 fully saturated rings. The van der Waals surface area contributed by atoms with Crippen molar-refractivity contribution in [3.05, 3.63) is 28.8 Å². The van der Waals surface area contributed by atoms with E-state index in [2.05, 4.69) is 4.72 Å². The van der Waals surface area contributed by atoms with Gasteiger partial charge in [0, 0.05) is 12.6 Å². The van der Waals surface area contributed by atoms with E-state index >= 15 is 0 Å². The Morgan fingerprint density at radius 1 is 1.48 bits per heavy atom. The summed E-state index contributed by atoms with van der Waals surface area (Å²) in [5.74, 6) is -1.19. The summed E-state index contributed by atoms with van der Waals surface area (Å²) >= 11 is 5.91. The monoisotopic (exact) mass is 332 g/mol. The number of carboxylic acid groups (broad SMARTS) is 1. The number of likely N-dealkylation sites (tertiary alicyclic amines) is 1. The Hall–Kier alpha value is -1.15. The van der Waals surface area contributed by atoms with Crippen LogP contribution in [0.5, 0.6) is 0 Å². The number of carbonyl (C=O) groups is 1. The first-order valence-corrected chi connectivity index (χ1v) is 8.39. The molecule has 1 aliphatic heterocycles. The maximum Gasteiger partial charge on any atom is 0.335 e. The molecule has 6 nitrogen and oxygen atoms in total. The molecule has 21 heavy (non-hydrogen) atoms. The summed E-state index contributed by atoms with van der Waals surface area (Å²) in [5, 5.41) is 8.97. The first-order chi connectivity index (χ1) is 9.79. The fraction of sp³-hybridized carbons (Fsp3) is 0.462. The number of rotatable bonds is 4. The molecule has 0 aromatic heterocycles. The standard InChI is InChI=1S/C13H17ClN2O4S/c1-16-6-2-3-10(8-16)15-21(19,20)12-7-9(13(17)18)4-5-11(12)14/h4-5,7,10,15H,2-3,6,8H2,1H3,(H,17,18). The lowest BCUT2D eigenvalue weighted by Crippen LogP contribution is -2.46. The van der Waals surface area contributed by atoms with Crippen molar-refractivity contribution in [3.8, 4) is 0 Å². The minimum absolute atomic E-state index is 0.0108. The molecule has 1 saturated heterocycles. The highest BCUT2D eigenvalue weighted by molar-refractivity contribution is 7.89. The van der Waals surface area contributed by atoms with Crippen LogP contribution in [-0.4, -0.2) is 50.6 Å². The minimum atomic E-state index is -3.84. The van der Waals surface area contributed by atoms with E-state index in [9.17, 15) is 13.2 Å². The van der Waals surface area contributed by atoms with E-state index in [1.807, 2.05) is 11.9 Å². The number of nitrogens with zero attached hydrogens (tertiary/aromatic N) is 1. The van der Waals surface area contributed by atoms with Crippen LogP contribution in [0.15, 0.2) is 23.1 Å². The van der Waals surface area contributed by atoms with Gasteiger partial charge in [0.1, 0.15) is 4.90 Å². The summed E-state index contributed by atoms with van der Waals surface area (Å²) in [6.07, 6.45) is 1.66. The zero-order valence-electron chi connectivity index (χ0n) is 11.5. The lowest BCUT2D eigenvalue weighted by atomic mass is 10.1. The van der Waals surface area contributed by atoms with Crippen molar-refractivity contribution < 1.29 is 18.3 Å². The number of hydrogen-bond acceptors (Lipinski definition) is 4. The van der Waals surface area contributed by atoms with Crippen LogP contribution in [0.4, 0.5) is 0 Å². The maximum atomic E-state index is 12.4. The molecule has 1 heterocycles. The van der Waals surface area contributed by atoms with Crippen LogP contribution in [0.3, 0.4) is 0 Å². The minimum Gasteiger partial charge on any atom is -0.478 e. The van der Waals surface area contributed by atoms with Crippen molar-refractivity contribution in [1.82, 2.24) is 9.62 Å². The second-order valence-corrected chi connectivity index (χ2v) is 7.26. The number of halogens is 1. The highest BCUT2D eigenvalue weighted by Gasteiger charge is 2.26. The number of piperidine rings is 1. The Morgan fingerprint density at radius 2 is 2.19 bits per heavy atom. The fourth-order valence-electron chi connectivity index (χ4n) is 2.39. The molecule has 1 atom stereocenters. The number of nitrogens with one attached hydrogen (secondary N) is 1. The van der Waals surface area contributed by atoms with E-state index in [4.69, 9.17) is 16.7 Å². The van der Waals surface area contributed by atoms with Gasteiger partial charge in [0.25, 0.3) is 0 Å². The number of sulfonamides is 1. The smallest absolute Gasteiger partial charge is 0.335 e. The van der Waals surface area contributed by atoms with Crippen molar-refractivity contribution >= 4 is 27.6 Å². The zero-order chi connectivity index (χ0) is 15.6. The third kappa shape index (κ3) is 3.94. The molecule has 0 spiro atoms. The highest BCUT2D eigenvalue weighted by atomic mass is 35.5. The van der Waals surface area contributed by atoms with Gasteiger partial charge >= 0.3 is 5.97 Å². The van der Waals surface area contributed by atoms with Crippen molar-refractivity contribution in [3.63, 3.8) is 0 Å². The molecular formula is C13H17ClN2O4S. The largest absolute Gasteiger partial charge is 0.478 e. The number of benzene rings is 1. The normalized spacial score (nSPS) is 20.4. The van der Waals surface area contributed by atoms with E-state index in [1.165, 1.54) is 12.1 Å². The third-order valence-corrected chi connectivity index (χ3v) is 5.42. The van der Waals surface area contributed by atoms with E-state index in [0.717, 1.165) is 25.5 Å². The van der Waals surface area contributed by atoms with Crippen LogP contribution in [-0.2, 0) is 10.0 Å². The average molecular weight is 333 g/mol. The van der Waals surface area contributed by atoms with E-state index in [0.29, 0.717) is 6.54 Å². The molecule has 8 heteroatoms. The van der Waals surface area contributed by atoms with Crippen LogP contribution in [0.25, 0.3) is 0 Å². The Bertz CT molecular complexity index is 648. The Labute approximate surface area is 128 Å². The summed E-state index contributed by atoms with van der Waals surface area (Å²) < 4.78 is 27.4. The van der Waals surface area contributed by atoms with E-state index in [-0.39, 0.29) is 21.5 Å². The Morgan fingerprint density at radius 3 is 2.81 bits per heavy atom. The van der Waals surface area contributed by atoms with Crippen LogP contribution in [0.2, 0.25) is 5.02 Å². The first kappa shape index (κ1) is 16.2. The predicted molar refractivity (Wildman–Crippen MR) is 79.3 cm³/mol. The Kier molecular flexibility index (Phi) is 4.88. The topological polar surface area (TPSA) is 86.7 Å². The van der Waals surface area contributed by atoms with Crippen molar-refractivity contribution in [2.75, 3.05) is 20.1 Å². The quantitative estimate of drug-likeness (QED) is 0.870. The van der Waals surface area contributed by atoms with Gasteiger partial charge in [-0.05, 0) is 44.6 Å². The second-order valence-electron chi connectivity index (χ2n) is 5.17. The molecule has 116 valence electrons. The maximum absolute atomic E-state index is 12.4. The SMILES string of the molecule is CN1CCCC(NS(=O)(=O)c2cc(C(=O)O)ccc2Cl)C1. The lowest BCUT2D eigenvalue weighted by Gasteiger charge is -2.30. The summed E-state index contributed by atoms with van der Waals surface area (Å²) in [5.41, 5.74) is -0.111. The molecule has 0 saturated carbocycles. The van der Waals surface area contributed by atoms with Crippen LogP contribution in [0.1, 0.15) is 23.2 Å². The molecule has 0 bridgehead atoms. The van der Waals surface area contributed by atoms with Gasteiger partial charge in [-0.15, -0.1) is 0 Å². The van der Waals surface area contributed by atoms with Crippen LogP contribution < -0.4 is 4.72 Å². The molecule has 0 radical (unpaired) electrons. The van der Waals surface area contributed by atoms with Crippen LogP contribution in [0, 0.1) is 0 Å². The van der Waals surface area contributed by atoms with E-state index < -0.39 is 16.0 Å². The average Bonchev–Trinajstić information content (AvgIpc) is 2.38. The number of hydrogen-bond donors (Lipinski definition) is 2. The van der Waals surface area contributed by atoms with Gasteiger partial charge in [-0.1, -0.05) is 11.6 Å². The van der Waals surface area contributed by atoms with Crippen molar-refractivity contribution in [1.29, 1.82) is 0 Å². The molecule has 1 unspecified atom stereocenters. The van der Waals surface area contributed by atoms with E-state index in [1.54, 1.807) is 0 Å². The lowest BCUT2D eigenvalue weighted by molar-refractivity contribution is 0.0696. The second kappa shape index (κ2) is 6.31. The summed E-state index contributed by atoms with van der Waals surface area (Å²) in [6.45, 7) is 1.56. The van der Waals surface area contributed by atoms with Gasteiger partial charge in [-0.2, -0.15) is 0 Å². The molecule has 1 aromatic rings. The van der Waals surface area contributed by atoms with Gasteiger partial charge in [0.2, 0.25) is 10.0 Å². The highest BCUT2D eigenvalue weighted by Crippen LogP contribution is 2.23. The number of carboxylic acids is 1. The first-order valence-electron chi connectivity index (χ1n) is 6.53. The molecular weight excluding hydrogens is 316 g/mol. The fourth-order valence-corrected chi connectivity index (χ4v) is 4.18. The summed E-state index contributed by atoms with van der Waals surface area (Å²) in [6, 6.07) is 3.45. The molecule has 0 amide bonds. The molecule has 0 aliphatic carbocycles. The Balaban J connectivity index is 2.26.